The fourth-order valence-electron chi connectivity index (χ4n) is 3.21. The van der Waals surface area contributed by atoms with Crippen molar-refractivity contribution in [1.82, 2.24) is 9.88 Å². The fourth-order valence-corrected chi connectivity index (χ4v) is 3.21. The van der Waals surface area contributed by atoms with Crippen molar-refractivity contribution in [2.75, 3.05) is 13.2 Å². The molecular weight excluding hydrogens is 425 g/mol. The molecule has 1 aromatic heterocycles. The van der Waals surface area contributed by atoms with Gasteiger partial charge in [0.2, 0.25) is 5.91 Å². The molecule has 0 aliphatic carbocycles. The van der Waals surface area contributed by atoms with Crippen LogP contribution < -0.4 is 0 Å². The number of aryl methyl sites for hydroxylation is 1. The van der Waals surface area contributed by atoms with Gasteiger partial charge in [-0.1, -0.05) is 36.4 Å². The normalized spacial score (nSPS) is 12.9. The summed E-state index contributed by atoms with van der Waals surface area (Å²) in [4.78, 5) is 27.7. The molecule has 0 atom stereocenters. The first-order chi connectivity index (χ1) is 15.2. The van der Waals surface area contributed by atoms with Crippen LogP contribution >= 0.6 is 0 Å². The van der Waals surface area contributed by atoms with Crippen molar-refractivity contribution in [3.63, 3.8) is 0 Å². The lowest BCUT2D eigenvalue weighted by atomic mass is 9.97. The number of carboxylic acids is 1. The van der Waals surface area contributed by atoms with Crippen LogP contribution in [0.25, 0.3) is 0 Å². The second kappa shape index (κ2) is 12.0. The largest absolute Gasteiger partial charge is 0.490 e. The number of aliphatic carboxylic acids is 1. The van der Waals surface area contributed by atoms with Crippen molar-refractivity contribution in [3.8, 4) is 0 Å². The van der Waals surface area contributed by atoms with E-state index in [1.54, 1.807) is 6.08 Å². The zero-order valence-electron chi connectivity index (χ0n) is 17.5. The van der Waals surface area contributed by atoms with Crippen LogP contribution in [0.3, 0.4) is 0 Å². The predicted molar refractivity (Wildman–Crippen MR) is 112 cm³/mol. The number of carboxylic acid groups (broad SMARTS) is 1. The van der Waals surface area contributed by atoms with E-state index in [2.05, 4.69) is 23.7 Å². The highest BCUT2D eigenvalue weighted by molar-refractivity contribution is 5.76. The average molecular weight is 450 g/mol. The van der Waals surface area contributed by atoms with Gasteiger partial charge in [0.05, 0.1) is 13.2 Å². The molecule has 1 amide bonds. The number of hydrogen-bond donors (Lipinski definition) is 1. The fraction of sp³-hybridized carbons (Fsp3) is 0.348. The summed E-state index contributed by atoms with van der Waals surface area (Å²) in [5, 5.41) is 7.12. The molecule has 0 fully saturated rings. The van der Waals surface area contributed by atoms with Gasteiger partial charge in [-0.25, -0.2) is 4.79 Å². The summed E-state index contributed by atoms with van der Waals surface area (Å²) >= 11 is 0. The van der Waals surface area contributed by atoms with E-state index in [-0.39, 0.29) is 5.91 Å². The lowest BCUT2D eigenvalue weighted by Gasteiger charge is -2.30. The molecule has 0 radical (unpaired) electrons. The van der Waals surface area contributed by atoms with Gasteiger partial charge < -0.3 is 14.7 Å². The van der Waals surface area contributed by atoms with E-state index >= 15 is 0 Å². The van der Waals surface area contributed by atoms with Crippen molar-refractivity contribution in [2.24, 2.45) is 0 Å². The molecule has 32 heavy (non-hydrogen) atoms. The highest BCUT2D eigenvalue weighted by atomic mass is 19.4. The number of benzene rings is 1. The van der Waals surface area contributed by atoms with Crippen LogP contribution in [0.4, 0.5) is 13.2 Å². The topological polar surface area (TPSA) is 79.7 Å². The first-order valence-corrected chi connectivity index (χ1v) is 9.97. The maximum absolute atomic E-state index is 12.5. The third-order valence-electron chi connectivity index (χ3n) is 4.79. The molecule has 1 aliphatic rings. The summed E-state index contributed by atoms with van der Waals surface area (Å²) in [5.74, 6) is -2.55. The van der Waals surface area contributed by atoms with Gasteiger partial charge in [-0.05, 0) is 35.1 Å². The van der Waals surface area contributed by atoms with Crippen molar-refractivity contribution in [3.05, 3.63) is 77.6 Å². The van der Waals surface area contributed by atoms with Gasteiger partial charge >= 0.3 is 12.1 Å². The van der Waals surface area contributed by atoms with Crippen molar-refractivity contribution >= 4 is 11.9 Å². The molecule has 6 nitrogen and oxygen atoms in total. The Bertz CT molecular complexity index is 917. The van der Waals surface area contributed by atoms with Crippen LogP contribution in [-0.2, 0) is 40.3 Å². The number of aromatic nitrogens is 1. The monoisotopic (exact) mass is 450 g/mol. The molecule has 1 N–H and O–H groups in total. The van der Waals surface area contributed by atoms with E-state index in [0.717, 1.165) is 30.5 Å². The quantitative estimate of drug-likeness (QED) is 0.511. The van der Waals surface area contributed by atoms with Gasteiger partial charge in [-0.2, -0.15) is 13.2 Å². The number of hydrogen-bond acceptors (Lipinski definition) is 4. The number of amides is 1. The molecule has 0 saturated heterocycles. The highest BCUT2D eigenvalue weighted by Crippen LogP contribution is 2.23. The lowest BCUT2D eigenvalue weighted by molar-refractivity contribution is -0.192. The van der Waals surface area contributed by atoms with Crippen molar-refractivity contribution < 1.29 is 32.6 Å². The Morgan fingerprint density at radius 1 is 1.22 bits per heavy atom. The first kappa shape index (κ1) is 25.1. The number of alkyl halides is 3. The van der Waals surface area contributed by atoms with Gasteiger partial charge in [0.25, 0.3) is 0 Å². The highest BCUT2D eigenvalue weighted by Gasteiger charge is 2.38. The first-order valence-electron chi connectivity index (χ1n) is 9.97. The van der Waals surface area contributed by atoms with E-state index in [4.69, 9.17) is 14.6 Å². The van der Waals surface area contributed by atoms with Crippen molar-refractivity contribution in [1.29, 1.82) is 0 Å². The Labute approximate surface area is 184 Å². The van der Waals surface area contributed by atoms with E-state index in [1.807, 2.05) is 35.5 Å². The molecule has 0 bridgehead atoms. The number of fused-ring (bicyclic) bond motifs is 1. The number of rotatable bonds is 7. The van der Waals surface area contributed by atoms with Crippen LogP contribution in [-0.4, -0.2) is 46.2 Å². The Hall–Kier alpha value is -3.20. The van der Waals surface area contributed by atoms with Gasteiger partial charge in [0.1, 0.15) is 0 Å². The molecule has 3 rings (SSSR count). The van der Waals surface area contributed by atoms with Crippen LogP contribution in [0, 0.1) is 0 Å². The Morgan fingerprint density at radius 2 is 1.91 bits per heavy atom. The van der Waals surface area contributed by atoms with Crippen LogP contribution in [0.15, 0.2) is 55.4 Å². The Morgan fingerprint density at radius 3 is 2.53 bits per heavy atom. The van der Waals surface area contributed by atoms with Gasteiger partial charge in [0.15, 0.2) is 0 Å². The molecular formula is C23H25F3N2O4. The number of ether oxygens (including phenoxy) is 1. The molecule has 172 valence electrons. The third-order valence-corrected chi connectivity index (χ3v) is 4.79. The van der Waals surface area contributed by atoms with Crippen LogP contribution in [0.5, 0.6) is 0 Å². The van der Waals surface area contributed by atoms with Gasteiger partial charge in [0, 0.05) is 31.9 Å². The summed E-state index contributed by atoms with van der Waals surface area (Å²) in [6.45, 7) is 6.15. The number of carbonyl (C=O) groups excluding carboxylic acids is 1. The standard InChI is InChI=1S/C21H24N2O2.C2HF3O2/c1-2-12-25-16-19-14-22-13-18-15-23(11-10-20(18)19)21(24)9-8-17-6-4-3-5-7-17;3-2(4,5)1(6)7/h2-7,13-14H,1,8-12,15-16H2;(H,6,7). The van der Waals surface area contributed by atoms with Gasteiger partial charge in [-0.15, -0.1) is 6.58 Å². The lowest BCUT2D eigenvalue weighted by Crippen LogP contribution is -2.36. The molecule has 0 saturated carbocycles. The van der Waals surface area contributed by atoms with Crippen LogP contribution in [0.2, 0.25) is 0 Å². The third kappa shape index (κ3) is 7.81. The SMILES string of the molecule is C=CCOCc1cncc2c1CCN(C(=O)CCc1ccccc1)C2.O=C(O)C(F)(F)F. The Kier molecular flexibility index (Phi) is 9.39. The van der Waals surface area contributed by atoms with Crippen LogP contribution in [0.1, 0.15) is 28.7 Å². The minimum Gasteiger partial charge on any atom is -0.475 e. The van der Waals surface area contributed by atoms with Gasteiger partial charge in [-0.3, -0.25) is 9.78 Å². The zero-order chi connectivity index (χ0) is 23.6. The molecule has 1 aromatic carbocycles. The molecule has 2 heterocycles. The number of carbonyl (C=O) groups is 2. The summed E-state index contributed by atoms with van der Waals surface area (Å²) in [6.07, 6.45) is 2.61. The number of halogens is 3. The smallest absolute Gasteiger partial charge is 0.475 e. The summed E-state index contributed by atoms with van der Waals surface area (Å²) in [5.41, 5.74) is 4.75. The summed E-state index contributed by atoms with van der Waals surface area (Å²) in [6, 6.07) is 10.2. The minimum atomic E-state index is -5.08. The molecule has 0 unspecified atom stereocenters. The maximum Gasteiger partial charge on any atom is 0.490 e. The van der Waals surface area contributed by atoms with E-state index in [9.17, 15) is 18.0 Å². The molecule has 1 aliphatic heterocycles. The number of nitrogens with zero attached hydrogens (tertiary/aromatic N) is 2. The summed E-state index contributed by atoms with van der Waals surface area (Å²) in [7, 11) is 0. The second-order valence-corrected chi connectivity index (χ2v) is 7.09. The molecule has 9 heteroatoms. The maximum atomic E-state index is 12.5. The van der Waals surface area contributed by atoms with E-state index < -0.39 is 12.1 Å². The second-order valence-electron chi connectivity index (χ2n) is 7.09. The number of pyridine rings is 1. The predicted octanol–water partition coefficient (Wildman–Crippen LogP) is 3.94. The molecule has 2 aromatic rings. The average Bonchev–Trinajstić information content (AvgIpc) is 2.78. The van der Waals surface area contributed by atoms with E-state index in [1.165, 1.54) is 11.1 Å². The molecule has 0 spiro atoms. The van der Waals surface area contributed by atoms with E-state index in [0.29, 0.717) is 26.2 Å². The summed E-state index contributed by atoms with van der Waals surface area (Å²) < 4.78 is 37.3. The minimum absolute atomic E-state index is 0.211. The zero-order valence-corrected chi connectivity index (χ0v) is 17.5. The van der Waals surface area contributed by atoms with Crippen molar-refractivity contribution in [2.45, 2.75) is 38.6 Å². The Balaban J connectivity index is 0.000000451.